The van der Waals surface area contributed by atoms with Crippen LogP contribution >= 0.6 is 0 Å². The zero-order valence-electron chi connectivity index (χ0n) is 18.5. The lowest BCUT2D eigenvalue weighted by atomic mass is 10.1. The van der Waals surface area contributed by atoms with E-state index in [1.165, 1.54) is 13.2 Å². The van der Waals surface area contributed by atoms with Crippen LogP contribution in [-0.2, 0) is 19.4 Å². The van der Waals surface area contributed by atoms with Crippen molar-refractivity contribution in [2.45, 2.75) is 43.5 Å². The predicted octanol–water partition coefficient (Wildman–Crippen LogP) is 4.57. The molecule has 1 aliphatic heterocycles. The highest BCUT2D eigenvalue weighted by atomic mass is 32.2. The molecule has 0 aliphatic carbocycles. The Morgan fingerprint density at radius 2 is 1.94 bits per heavy atom. The SMILES string of the molecule is CCCCNc1cc(C(=O)OC)cc(S(=N)(=O)NC2CCOCC2)c1Oc1ccccc1. The lowest BCUT2D eigenvalue weighted by Crippen LogP contribution is -2.38. The minimum absolute atomic E-state index is 0.106. The second-order valence-corrected chi connectivity index (χ2v) is 9.39. The van der Waals surface area contributed by atoms with Gasteiger partial charge in [0.25, 0.3) is 0 Å². The van der Waals surface area contributed by atoms with Crippen molar-refractivity contribution in [1.82, 2.24) is 4.72 Å². The molecule has 1 atom stereocenters. The van der Waals surface area contributed by atoms with Crippen LogP contribution in [0, 0.1) is 4.78 Å². The number of nitrogens with one attached hydrogen (secondary N) is 3. The molecule has 0 bridgehead atoms. The molecule has 1 aliphatic rings. The standard InChI is InChI=1S/C23H31N3O5S/c1-3-4-12-25-20-15-17(23(27)29-2)16-21(22(20)31-19-8-6-5-7-9-19)32(24,28)26-18-10-13-30-14-11-18/h5-9,15-16,18,25H,3-4,10-14H2,1-2H3,(H2,24,26,28). The molecule has 2 aromatic rings. The Bertz CT molecular complexity index is 1010. The summed E-state index contributed by atoms with van der Waals surface area (Å²) in [6, 6.07) is 12.0. The van der Waals surface area contributed by atoms with Gasteiger partial charge in [0.15, 0.2) is 5.75 Å². The van der Waals surface area contributed by atoms with Crippen LogP contribution in [0.15, 0.2) is 47.4 Å². The molecule has 32 heavy (non-hydrogen) atoms. The van der Waals surface area contributed by atoms with Gasteiger partial charge in [-0.05, 0) is 43.5 Å². The molecule has 1 heterocycles. The molecule has 0 aromatic heterocycles. The Balaban J connectivity index is 2.09. The minimum atomic E-state index is -3.51. The molecule has 3 N–H and O–H groups in total. The summed E-state index contributed by atoms with van der Waals surface area (Å²) >= 11 is 0. The van der Waals surface area contributed by atoms with Gasteiger partial charge in [-0.3, -0.25) is 0 Å². The first-order valence-electron chi connectivity index (χ1n) is 10.8. The molecule has 2 aromatic carbocycles. The van der Waals surface area contributed by atoms with Gasteiger partial charge >= 0.3 is 5.97 Å². The number of benzene rings is 2. The molecule has 174 valence electrons. The highest BCUT2D eigenvalue weighted by Crippen LogP contribution is 2.38. The maximum Gasteiger partial charge on any atom is 0.337 e. The van der Waals surface area contributed by atoms with Gasteiger partial charge in [-0.25, -0.2) is 18.5 Å². The molecule has 1 fully saturated rings. The number of unbranched alkanes of at least 4 members (excludes halogenated alkanes) is 1. The zero-order valence-corrected chi connectivity index (χ0v) is 19.3. The molecule has 3 rings (SSSR count). The molecule has 0 spiro atoms. The third-order valence-corrected chi connectivity index (χ3v) is 6.74. The van der Waals surface area contributed by atoms with Gasteiger partial charge in [-0.2, -0.15) is 0 Å². The third-order valence-electron chi connectivity index (χ3n) is 5.15. The van der Waals surface area contributed by atoms with Gasteiger partial charge in [-0.1, -0.05) is 31.5 Å². The fourth-order valence-corrected chi connectivity index (χ4v) is 4.95. The van der Waals surface area contributed by atoms with Crippen LogP contribution in [0.5, 0.6) is 11.5 Å². The summed E-state index contributed by atoms with van der Waals surface area (Å²) < 4.78 is 41.8. The number of methoxy groups -OCH3 is 1. The van der Waals surface area contributed by atoms with E-state index in [0.29, 0.717) is 44.0 Å². The van der Waals surface area contributed by atoms with Crippen molar-refractivity contribution in [1.29, 1.82) is 4.78 Å². The van der Waals surface area contributed by atoms with Crippen molar-refractivity contribution in [3.63, 3.8) is 0 Å². The van der Waals surface area contributed by atoms with E-state index in [4.69, 9.17) is 19.0 Å². The lowest BCUT2D eigenvalue weighted by molar-refractivity contribution is 0.0600. The Hall–Kier alpha value is -2.62. The Morgan fingerprint density at radius 1 is 1.22 bits per heavy atom. The second kappa shape index (κ2) is 11.3. The number of hydrogen-bond donors (Lipinski definition) is 3. The van der Waals surface area contributed by atoms with Crippen molar-refractivity contribution < 1.29 is 23.2 Å². The summed E-state index contributed by atoms with van der Waals surface area (Å²) in [5, 5.41) is 3.28. The molecule has 1 saturated heterocycles. The zero-order chi connectivity index (χ0) is 23.0. The largest absolute Gasteiger partial charge is 0.465 e. The van der Waals surface area contributed by atoms with Crippen LogP contribution in [0.2, 0.25) is 0 Å². The van der Waals surface area contributed by atoms with E-state index in [9.17, 15) is 9.00 Å². The first kappa shape index (κ1) is 24.0. The highest BCUT2D eigenvalue weighted by molar-refractivity contribution is 7.90. The summed E-state index contributed by atoms with van der Waals surface area (Å²) in [5.41, 5.74) is 0.699. The maximum absolute atomic E-state index is 13.7. The molecule has 0 saturated carbocycles. The number of hydrogen-bond acceptors (Lipinski definition) is 7. The van der Waals surface area contributed by atoms with Crippen molar-refractivity contribution in [3.05, 3.63) is 48.0 Å². The second-order valence-electron chi connectivity index (χ2n) is 7.60. The summed E-state index contributed by atoms with van der Waals surface area (Å²) in [6.45, 7) is 3.81. The fraction of sp³-hybridized carbons (Fsp3) is 0.435. The third kappa shape index (κ3) is 6.21. The lowest BCUT2D eigenvalue weighted by Gasteiger charge is -2.26. The average molecular weight is 462 g/mol. The maximum atomic E-state index is 13.7. The Kier molecular flexibility index (Phi) is 8.49. The number of rotatable bonds is 10. The van der Waals surface area contributed by atoms with Crippen LogP contribution in [0.3, 0.4) is 0 Å². The summed E-state index contributed by atoms with van der Waals surface area (Å²) in [7, 11) is -2.22. The number of para-hydroxylation sites is 1. The topological polar surface area (TPSA) is 110 Å². The number of ether oxygens (including phenoxy) is 3. The molecule has 1 unspecified atom stereocenters. The predicted molar refractivity (Wildman–Crippen MR) is 124 cm³/mol. The fourth-order valence-electron chi connectivity index (χ4n) is 3.41. The van der Waals surface area contributed by atoms with Crippen molar-refractivity contribution >= 4 is 21.6 Å². The summed E-state index contributed by atoms with van der Waals surface area (Å²) in [5.74, 6) is 0.233. The molecule has 9 heteroatoms. The van der Waals surface area contributed by atoms with E-state index in [0.717, 1.165) is 12.8 Å². The van der Waals surface area contributed by atoms with E-state index in [-0.39, 0.29) is 22.3 Å². The van der Waals surface area contributed by atoms with Crippen LogP contribution in [0.1, 0.15) is 43.0 Å². The van der Waals surface area contributed by atoms with Gasteiger partial charge in [0, 0.05) is 25.8 Å². The number of carbonyl (C=O) groups excluding carboxylic acids is 1. The van der Waals surface area contributed by atoms with Crippen molar-refractivity contribution in [3.8, 4) is 11.5 Å². The summed E-state index contributed by atoms with van der Waals surface area (Å²) in [4.78, 5) is 12.5. The van der Waals surface area contributed by atoms with E-state index >= 15 is 0 Å². The normalized spacial score (nSPS) is 16.2. The molecule has 0 amide bonds. The van der Waals surface area contributed by atoms with Crippen molar-refractivity contribution in [2.24, 2.45) is 0 Å². The number of carbonyl (C=O) groups is 1. The molecular formula is C23H31N3O5S. The molecule has 8 nitrogen and oxygen atoms in total. The van der Waals surface area contributed by atoms with E-state index in [1.54, 1.807) is 18.2 Å². The van der Waals surface area contributed by atoms with Crippen LogP contribution in [-0.4, -0.2) is 43.1 Å². The number of esters is 1. The van der Waals surface area contributed by atoms with Gasteiger partial charge in [0.2, 0.25) is 0 Å². The molecule has 0 radical (unpaired) electrons. The van der Waals surface area contributed by atoms with Gasteiger partial charge in [0.05, 0.1) is 18.4 Å². The van der Waals surface area contributed by atoms with E-state index in [1.807, 2.05) is 18.2 Å². The monoisotopic (exact) mass is 461 g/mol. The van der Waals surface area contributed by atoms with Crippen LogP contribution in [0.25, 0.3) is 0 Å². The molecular weight excluding hydrogens is 430 g/mol. The number of anilines is 1. The van der Waals surface area contributed by atoms with Crippen LogP contribution < -0.4 is 14.8 Å². The first-order valence-corrected chi connectivity index (χ1v) is 12.4. The quantitative estimate of drug-likeness (QED) is 0.353. The average Bonchev–Trinajstić information content (AvgIpc) is 2.80. The smallest absolute Gasteiger partial charge is 0.337 e. The van der Waals surface area contributed by atoms with E-state index < -0.39 is 15.9 Å². The Labute approximate surface area is 189 Å². The summed E-state index contributed by atoms with van der Waals surface area (Å²) in [6.07, 6.45) is 3.19. The van der Waals surface area contributed by atoms with Crippen LogP contribution in [0.4, 0.5) is 5.69 Å². The van der Waals surface area contributed by atoms with E-state index in [2.05, 4.69) is 17.0 Å². The van der Waals surface area contributed by atoms with Crippen molar-refractivity contribution in [2.75, 3.05) is 32.2 Å². The van der Waals surface area contributed by atoms with Gasteiger partial charge < -0.3 is 19.5 Å². The van der Waals surface area contributed by atoms with Gasteiger partial charge in [-0.15, -0.1) is 0 Å². The Morgan fingerprint density at radius 3 is 2.59 bits per heavy atom. The minimum Gasteiger partial charge on any atom is -0.465 e. The van der Waals surface area contributed by atoms with Gasteiger partial charge in [0.1, 0.15) is 20.6 Å². The highest BCUT2D eigenvalue weighted by Gasteiger charge is 2.27. The first-order chi connectivity index (χ1) is 15.4.